The molecule has 1 unspecified atom stereocenters. The molecule has 126 valence electrons. The molecule has 23 heavy (non-hydrogen) atoms. The lowest BCUT2D eigenvalue weighted by atomic mass is 9.96. The average Bonchev–Trinajstić information content (AvgIpc) is 3.00. The van der Waals surface area contributed by atoms with Gasteiger partial charge in [0.15, 0.2) is 0 Å². The van der Waals surface area contributed by atoms with Crippen molar-refractivity contribution in [2.45, 2.75) is 45.2 Å². The van der Waals surface area contributed by atoms with Gasteiger partial charge in [0.1, 0.15) is 0 Å². The summed E-state index contributed by atoms with van der Waals surface area (Å²) in [5, 5.41) is 0. The minimum atomic E-state index is 0.0329. The number of carbonyl (C=O) groups excluding carboxylic acids is 1. The molecule has 6 nitrogen and oxygen atoms in total. The minimum absolute atomic E-state index is 0.0329. The maximum atomic E-state index is 11.8. The Morgan fingerprint density at radius 1 is 1.22 bits per heavy atom. The molecular formula is C17H26N4O2. The third-order valence-corrected chi connectivity index (χ3v) is 5.20. The molecule has 3 rings (SSSR count). The van der Waals surface area contributed by atoms with Crippen molar-refractivity contribution in [3.8, 4) is 0 Å². The van der Waals surface area contributed by atoms with E-state index in [9.17, 15) is 9.59 Å². The first-order valence-electron chi connectivity index (χ1n) is 8.63. The predicted octanol–water partition coefficient (Wildman–Crippen LogP) is 0.966. The topological polar surface area (TPSA) is 58.4 Å². The molecule has 0 bridgehead atoms. The van der Waals surface area contributed by atoms with Crippen LogP contribution >= 0.6 is 0 Å². The van der Waals surface area contributed by atoms with Crippen molar-refractivity contribution in [1.29, 1.82) is 0 Å². The first kappa shape index (κ1) is 16.2. The standard InChI is InChI=1S/C17H26N4O2/c1-14(22)21-8-2-3-16(21)12-19-9-5-15(6-10-19)11-20-13-18-7-4-17(20)23/h4,7,13,15-16H,2-3,5-6,8-12H2,1H3. The molecule has 1 aromatic rings. The van der Waals surface area contributed by atoms with E-state index in [1.807, 2.05) is 4.90 Å². The molecular weight excluding hydrogens is 292 g/mol. The second kappa shape index (κ2) is 7.25. The highest BCUT2D eigenvalue weighted by molar-refractivity contribution is 5.73. The number of aromatic nitrogens is 2. The van der Waals surface area contributed by atoms with E-state index in [0.717, 1.165) is 58.4 Å². The number of rotatable bonds is 4. The minimum Gasteiger partial charge on any atom is -0.339 e. The molecule has 0 spiro atoms. The Labute approximate surface area is 137 Å². The van der Waals surface area contributed by atoms with Crippen molar-refractivity contribution in [3.05, 3.63) is 28.9 Å². The summed E-state index contributed by atoms with van der Waals surface area (Å²) < 4.78 is 1.72. The zero-order valence-corrected chi connectivity index (χ0v) is 13.9. The highest BCUT2D eigenvalue weighted by atomic mass is 16.2. The number of carbonyl (C=O) groups is 1. The second-order valence-corrected chi connectivity index (χ2v) is 6.82. The Kier molecular flexibility index (Phi) is 5.10. The molecule has 2 aliphatic heterocycles. The molecule has 2 fully saturated rings. The average molecular weight is 318 g/mol. The molecule has 1 atom stereocenters. The van der Waals surface area contributed by atoms with Crippen LogP contribution in [0.2, 0.25) is 0 Å². The molecule has 0 aromatic carbocycles. The van der Waals surface area contributed by atoms with E-state index in [0.29, 0.717) is 12.0 Å². The first-order chi connectivity index (χ1) is 11.1. The van der Waals surface area contributed by atoms with Gasteiger partial charge in [0.2, 0.25) is 5.91 Å². The Balaban J connectivity index is 1.48. The summed E-state index contributed by atoms with van der Waals surface area (Å²) in [5.41, 5.74) is 0.0329. The van der Waals surface area contributed by atoms with Crippen LogP contribution in [0.15, 0.2) is 23.4 Å². The Morgan fingerprint density at radius 2 is 2.00 bits per heavy atom. The smallest absolute Gasteiger partial charge is 0.253 e. The molecule has 0 radical (unpaired) electrons. The lowest BCUT2D eigenvalue weighted by Crippen LogP contribution is -2.45. The number of likely N-dealkylation sites (tertiary alicyclic amines) is 2. The number of piperidine rings is 1. The second-order valence-electron chi connectivity index (χ2n) is 6.82. The summed E-state index contributed by atoms with van der Waals surface area (Å²) in [5.74, 6) is 0.749. The molecule has 6 heteroatoms. The van der Waals surface area contributed by atoms with E-state index in [2.05, 4.69) is 9.88 Å². The van der Waals surface area contributed by atoms with Gasteiger partial charge in [0, 0.05) is 44.9 Å². The van der Waals surface area contributed by atoms with Gasteiger partial charge in [0.25, 0.3) is 5.56 Å². The van der Waals surface area contributed by atoms with Gasteiger partial charge in [-0.05, 0) is 44.7 Å². The van der Waals surface area contributed by atoms with E-state index < -0.39 is 0 Å². The van der Waals surface area contributed by atoms with Crippen molar-refractivity contribution < 1.29 is 4.79 Å². The first-order valence-corrected chi connectivity index (χ1v) is 8.63. The molecule has 0 N–H and O–H groups in total. The van der Waals surface area contributed by atoms with Crippen molar-refractivity contribution in [1.82, 2.24) is 19.4 Å². The molecule has 1 aromatic heterocycles. The maximum absolute atomic E-state index is 11.8. The lowest BCUT2D eigenvalue weighted by molar-refractivity contribution is -0.130. The zero-order valence-electron chi connectivity index (χ0n) is 13.9. The predicted molar refractivity (Wildman–Crippen MR) is 88.1 cm³/mol. The van der Waals surface area contributed by atoms with Crippen LogP contribution in [-0.4, -0.2) is 57.5 Å². The van der Waals surface area contributed by atoms with Crippen molar-refractivity contribution in [3.63, 3.8) is 0 Å². The molecule has 1 amide bonds. The maximum Gasteiger partial charge on any atom is 0.253 e. The van der Waals surface area contributed by atoms with Crippen LogP contribution in [0.5, 0.6) is 0 Å². The highest BCUT2D eigenvalue weighted by Crippen LogP contribution is 2.23. The summed E-state index contributed by atoms with van der Waals surface area (Å²) in [4.78, 5) is 32.0. The normalized spacial score (nSPS) is 23.3. The van der Waals surface area contributed by atoms with Crippen LogP contribution < -0.4 is 5.56 Å². The van der Waals surface area contributed by atoms with Gasteiger partial charge in [-0.3, -0.25) is 14.2 Å². The lowest BCUT2D eigenvalue weighted by Gasteiger charge is -2.35. The molecule has 0 aliphatic carbocycles. The summed E-state index contributed by atoms with van der Waals surface area (Å²) in [6, 6.07) is 1.91. The molecule has 2 saturated heterocycles. The van der Waals surface area contributed by atoms with Crippen molar-refractivity contribution in [2.24, 2.45) is 5.92 Å². The zero-order chi connectivity index (χ0) is 16.2. The van der Waals surface area contributed by atoms with Crippen LogP contribution in [0.1, 0.15) is 32.6 Å². The van der Waals surface area contributed by atoms with E-state index in [4.69, 9.17) is 0 Å². The Morgan fingerprint density at radius 3 is 2.70 bits per heavy atom. The summed E-state index contributed by atoms with van der Waals surface area (Å²) in [6.07, 6.45) is 7.65. The van der Waals surface area contributed by atoms with Crippen molar-refractivity contribution in [2.75, 3.05) is 26.2 Å². The molecule has 3 heterocycles. The van der Waals surface area contributed by atoms with Gasteiger partial charge in [-0.1, -0.05) is 0 Å². The molecule has 2 aliphatic rings. The van der Waals surface area contributed by atoms with Crippen molar-refractivity contribution >= 4 is 5.91 Å². The Bertz CT molecular complexity index is 592. The SMILES string of the molecule is CC(=O)N1CCCC1CN1CCC(Cn2cnccc2=O)CC1. The largest absolute Gasteiger partial charge is 0.339 e. The van der Waals surface area contributed by atoms with E-state index in [1.54, 1.807) is 24.0 Å². The number of hydrogen-bond acceptors (Lipinski definition) is 4. The number of nitrogens with zero attached hydrogens (tertiary/aromatic N) is 4. The third kappa shape index (κ3) is 3.99. The van der Waals surface area contributed by atoms with Crippen LogP contribution in [0.3, 0.4) is 0 Å². The van der Waals surface area contributed by atoms with Gasteiger partial charge in [-0.2, -0.15) is 0 Å². The molecule has 0 saturated carbocycles. The van der Waals surface area contributed by atoms with Gasteiger partial charge in [-0.25, -0.2) is 4.98 Å². The quantitative estimate of drug-likeness (QED) is 0.830. The fourth-order valence-electron chi connectivity index (χ4n) is 3.88. The van der Waals surface area contributed by atoms with Gasteiger partial charge >= 0.3 is 0 Å². The van der Waals surface area contributed by atoms with Crippen LogP contribution in [-0.2, 0) is 11.3 Å². The van der Waals surface area contributed by atoms with Crippen LogP contribution in [0.4, 0.5) is 0 Å². The van der Waals surface area contributed by atoms with Gasteiger partial charge in [0.05, 0.1) is 6.33 Å². The monoisotopic (exact) mass is 318 g/mol. The van der Waals surface area contributed by atoms with Gasteiger partial charge < -0.3 is 9.80 Å². The Hall–Kier alpha value is -1.69. The van der Waals surface area contributed by atoms with E-state index in [-0.39, 0.29) is 11.5 Å². The summed E-state index contributed by atoms with van der Waals surface area (Å²) >= 11 is 0. The fourth-order valence-corrected chi connectivity index (χ4v) is 3.88. The number of hydrogen-bond donors (Lipinski definition) is 0. The van der Waals surface area contributed by atoms with Crippen LogP contribution in [0, 0.1) is 5.92 Å². The van der Waals surface area contributed by atoms with Crippen LogP contribution in [0.25, 0.3) is 0 Å². The van der Waals surface area contributed by atoms with E-state index >= 15 is 0 Å². The third-order valence-electron chi connectivity index (χ3n) is 5.20. The summed E-state index contributed by atoms with van der Waals surface area (Å²) in [6.45, 7) is 6.48. The number of amides is 1. The van der Waals surface area contributed by atoms with E-state index in [1.165, 1.54) is 6.07 Å². The summed E-state index contributed by atoms with van der Waals surface area (Å²) in [7, 11) is 0. The van der Waals surface area contributed by atoms with Gasteiger partial charge in [-0.15, -0.1) is 0 Å². The highest BCUT2D eigenvalue weighted by Gasteiger charge is 2.29. The fraction of sp³-hybridized carbons (Fsp3) is 0.706.